The molecule has 1 unspecified atom stereocenters. The molecule has 0 radical (unpaired) electrons. The van der Waals surface area contributed by atoms with Crippen LogP contribution in [-0.2, 0) is 10.0 Å². The Kier molecular flexibility index (Phi) is 5.99. The van der Waals surface area contributed by atoms with E-state index in [0.717, 1.165) is 11.3 Å². The quantitative estimate of drug-likeness (QED) is 0.755. The molecule has 1 N–H and O–H groups in total. The number of benzene rings is 2. The van der Waals surface area contributed by atoms with Crippen molar-refractivity contribution in [2.75, 3.05) is 24.2 Å². The van der Waals surface area contributed by atoms with Crippen LogP contribution in [0.2, 0.25) is 0 Å². The third kappa shape index (κ3) is 4.53. The SMILES string of the molecule is CCS(=O)(=O)N(C)c1ccc(C(=O)NC2CC(C)(C)Oc3ccc(OC)cc32)cc1. The number of ether oxygens (including phenoxy) is 2. The first-order valence-electron chi connectivity index (χ1n) is 9.81. The van der Waals surface area contributed by atoms with Crippen LogP contribution in [-0.4, -0.2) is 39.8 Å². The first-order valence-corrected chi connectivity index (χ1v) is 11.4. The molecule has 0 spiro atoms. The summed E-state index contributed by atoms with van der Waals surface area (Å²) in [5.74, 6) is 1.19. The highest BCUT2D eigenvalue weighted by atomic mass is 32.2. The molecule has 7 nitrogen and oxygen atoms in total. The van der Waals surface area contributed by atoms with Gasteiger partial charge >= 0.3 is 0 Å². The number of hydrogen-bond donors (Lipinski definition) is 1. The second-order valence-corrected chi connectivity index (χ2v) is 10.2. The maximum atomic E-state index is 12.9. The number of amides is 1. The standard InChI is InChI=1S/C22H28N2O5S/c1-6-30(26,27)24(4)16-9-7-15(8-10-16)21(25)23-19-14-22(2,3)29-20-12-11-17(28-5)13-18(19)20/h7-13,19H,6,14H2,1-5H3,(H,23,25). The van der Waals surface area contributed by atoms with Crippen LogP contribution in [0.4, 0.5) is 5.69 Å². The van der Waals surface area contributed by atoms with Crippen LogP contribution in [0.3, 0.4) is 0 Å². The number of rotatable bonds is 6. The van der Waals surface area contributed by atoms with E-state index in [-0.39, 0.29) is 17.7 Å². The Bertz CT molecular complexity index is 1030. The van der Waals surface area contributed by atoms with E-state index in [9.17, 15) is 13.2 Å². The number of nitrogens with zero attached hydrogens (tertiary/aromatic N) is 1. The van der Waals surface area contributed by atoms with Crippen molar-refractivity contribution in [2.24, 2.45) is 0 Å². The fraction of sp³-hybridized carbons (Fsp3) is 0.409. The predicted octanol–water partition coefficient (Wildman–Crippen LogP) is 3.51. The highest BCUT2D eigenvalue weighted by Crippen LogP contribution is 2.41. The fourth-order valence-corrected chi connectivity index (χ4v) is 4.34. The van der Waals surface area contributed by atoms with Crippen molar-refractivity contribution in [1.29, 1.82) is 0 Å². The van der Waals surface area contributed by atoms with Crippen LogP contribution in [0.15, 0.2) is 42.5 Å². The summed E-state index contributed by atoms with van der Waals surface area (Å²) in [4.78, 5) is 12.9. The molecule has 0 saturated heterocycles. The van der Waals surface area contributed by atoms with Crippen molar-refractivity contribution in [3.05, 3.63) is 53.6 Å². The van der Waals surface area contributed by atoms with Crippen LogP contribution < -0.4 is 19.1 Å². The van der Waals surface area contributed by atoms with E-state index >= 15 is 0 Å². The number of methoxy groups -OCH3 is 1. The van der Waals surface area contributed by atoms with Gasteiger partial charge in [-0.15, -0.1) is 0 Å². The monoisotopic (exact) mass is 432 g/mol. The van der Waals surface area contributed by atoms with Crippen molar-refractivity contribution in [3.8, 4) is 11.5 Å². The number of fused-ring (bicyclic) bond motifs is 1. The number of anilines is 1. The molecular weight excluding hydrogens is 404 g/mol. The molecule has 0 saturated carbocycles. The summed E-state index contributed by atoms with van der Waals surface area (Å²) in [6.45, 7) is 5.56. The molecule has 2 aromatic carbocycles. The van der Waals surface area contributed by atoms with Crippen LogP contribution >= 0.6 is 0 Å². The molecule has 162 valence electrons. The summed E-state index contributed by atoms with van der Waals surface area (Å²) in [7, 11) is -0.253. The number of hydrogen-bond acceptors (Lipinski definition) is 5. The van der Waals surface area contributed by atoms with Gasteiger partial charge in [0.2, 0.25) is 10.0 Å². The molecule has 1 aliphatic rings. The number of sulfonamides is 1. The first kappa shape index (κ1) is 22.0. The zero-order valence-corrected chi connectivity index (χ0v) is 18.7. The number of carbonyl (C=O) groups is 1. The van der Waals surface area contributed by atoms with Crippen molar-refractivity contribution >= 4 is 21.6 Å². The average molecular weight is 433 g/mol. The Morgan fingerprint density at radius 1 is 1.23 bits per heavy atom. The van der Waals surface area contributed by atoms with Gasteiger partial charge in [-0.3, -0.25) is 9.10 Å². The normalized spacial score (nSPS) is 17.4. The van der Waals surface area contributed by atoms with Gasteiger partial charge in [0, 0.05) is 24.6 Å². The predicted molar refractivity (Wildman–Crippen MR) is 117 cm³/mol. The molecule has 2 aromatic rings. The van der Waals surface area contributed by atoms with Crippen LogP contribution in [0.5, 0.6) is 11.5 Å². The Hall–Kier alpha value is -2.74. The van der Waals surface area contributed by atoms with Crippen molar-refractivity contribution in [1.82, 2.24) is 5.32 Å². The molecule has 3 rings (SSSR count). The van der Waals surface area contributed by atoms with Crippen LogP contribution in [0.25, 0.3) is 0 Å². The number of carbonyl (C=O) groups excluding carboxylic acids is 1. The highest BCUT2D eigenvalue weighted by Gasteiger charge is 2.35. The first-order chi connectivity index (χ1) is 14.1. The zero-order valence-electron chi connectivity index (χ0n) is 17.9. The van der Waals surface area contributed by atoms with Gasteiger partial charge in [0.15, 0.2) is 0 Å². The summed E-state index contributed by atoms with van der Waals surface area (Å²) in [5.41, 5.74) is 1.40. The molecule has 1 atom stereocenters. The van der Waals surface area contributed by atoms with Gasteiger partial charge in [-0.1, -0.05) is 0 Å². The second kappa shape index (κ2) is 8.18. The summed E-state index contributed by atoms with van der Waals surface area (Å²) < 4.78 is 36.7. The van der Waals surface area contributed by atoms with E-state index in [4.69, 9.17) is 9.47 Å². The van der Waals surface area contributed by atoms with E-state index in [1.807, 2.05) is 32.0 Å². The van der Waals surface area contributed by atoms with Gasteiger partial charge < -0.3 is 14.8 Å². The highest BCUT2D eigenvalue weighted by molar-refractivity contribution is 7.92. The molecule has 0 aromatic heterocycles. The maximum absolute atomic E-state index is 12.9. The van der Waals surface area contributed by atoms with Crippen molar-refractivity contribution in [3.63, 3.8) is 0 Å². The minimum absolute atomic E-state index is 0.00808. The van der Waals surface area contributed by atoms with E-state index in [1.54, 1.807) is 38.3 Å². The Labute approximate surface area is 178 Å². The van der Waals surface area contributed by atoms with Crippen LogP contribution in [0.1, 0.15) is 49.2 Å². The Morgan fingerprint density at radius 2 is 1.90 bits per heavy atom. The lowest BCUT2D eigenvalue weighted by molar-refractivity contribution is 0.0618. The van der Waals surface area contributed by atoms with Gasteiger partial charge in [-0.2, -0.15) is 0 Å². The molecule has 0 fully saturated rings. The smallest absolute Gasteiger partial charge is 0.251 e. The summed E-state index contributed by atoms with van der Waals surface area (Å²) >= 11 is 0. The lowest BCUT2D eigenvalue weighted by Gasteiger charge is -2.38. The van der Waals surface area contributed by atoms with Gasteiger partial charge in [0.05, 0.1) is 24.6 Å². The average Bonchev–Trinajstić information content (AvgIpc) is 2.72. The summed E-state index contributed by atoms with van der Waals surface area (Å²) in [6, 6.07) is 11.8. The zero-order chi connectivity index (χ0) is 22.1. The molecular formula is C22H28N2O5S. The van der Waals surface area contributed by atoms with Crippen molar-refractivity contribution in [2.45, 2.75) is 38.8 Å². The fourth-order valence-electron chi connectivity index (χ4n) is 3.51. The topological polar surface area (TPSA) is 84.9 Å². The summed E-state index contributed by atoms with van der Waals surface area (Å²) in [6.07, 6.45) is 0.606. The summed E-state index contributed by atoms with van der Waals surface area (Å²) in [5, 5.41) is 3.08. The minimum Gasteiger partial charge on any atom is -0.497 e. The lowest BCUT2D eigenvalue weighted by atomic mass is 9.89. The minimum atomic E-state index is -3.35. The van der Waals surface area contributed by atoms with E-state index < -0.39 is 15.6 Å². The lowest BCUT2D eigenvalue weighted by Crippen LogP contribution is -2.41. The van der Waals surface area contributed by atoms with Gasteiger partial charge in [0.1, 0.15) is 17.1 Å². The van der Waals surface area contributed by atoms with E-state index in [0.29, 0.717) is 23.4 Å². The molecule has 0 bridgehead atoms. The maximum Gasteiger partial charge on any atom is 0.251 e. The second-order valence-electron chi connectivity index (χ2n) is 7.91. The third-order valence-electron chi connectivity index (χ3n) is 5.25. The Morgan fingerprint density at radius 3 is 2.50 bits per heavy atom. The van der Waals surface area contributed by atoms with Crippen LogP contribution in [0, 0.1) is 0 Å². The number of nitrogens with one attached hydrogen (secondary N) is 1. The third-order valence-corrected chi connectivity index (χ3v) is 7.03. The van der Waals surface area contributed by atoms with E-state index in [2.05, 4.69) is 5.32 Å². The van der Waals surface area contributed by atoms with Gasteiger partial charge in [0.25, 0.3) is 5.91 Å². The molecule has 1 aliphatic heterocycles. The molecule has 1 heterocycles. The molecule has 30 heavy (non-hydrogen) atoms. The van der Waals surface area contributed by atoms with Gasteiger partial charge in [-0.05, 0) is 63.2 Å². The van der Waals surface area contributed by atoms with Crippen molar-refractivity contribution < 1.29 is 22.7 Å². The van der Waals surface area contributed by atoms with E-state index in [1.165, 1.54) is 11.4 Å². The Balaban J connectivity index is 1.82. The molecule has 0 aliphatic carbocycles. The molecule has 1 amide bonds. The largest absolute Gasteiger partial charge is 0.497 e. The van der Waals surface area contributed by atoms with Gasteiger partial charge in [-0.25, -0.2) is 8.42 Å². The molecule has 8 heteroatoms.